The maximum Gasteiger partial charge on any atom is 0.234 e. The lowest BCUT2D eigenvalue weighted by Crippen LogP contribution is -2.52. The van der Waals surface area contributed by atoms with Crippen molar-refractivity contribution in [2.75, 3.05) is 7.05 Å². The molecule has 0 bridgehead atoms. The molecule has 1 aromatic heterocycles. The van der Waals surface area contributed by atoms with Gasteiger partial charge in [0.15, 0.2) is 5.96 Å². The van der Waals surface area contributed by atoms with Crippen molar-refractivity contribution in [3.8, 4) is 0 Å². The summed E-state index contributed by atoms with van der Waals surface area (Å²) in [6, 6.07) is 2.00. The van der Waals surface area contributed by atoms with E-state index in [2.05, 4.69) is 20.9 Å². The Morgan fingerprint density at radius 2 is 2.29 bits per heavy atom. The number of halogens is 1. The molecule has 0 spiro atoms. The minimum absolute atomic E-state index is 0.00419. The van der Waals surface area contributed by atoms with Crippen LogP contribution in [0.3, 0.4) is 0 Å². The van der Waals surface area contributed by atoms with Gasteiger partial charge in [0.2, 0.25) is 5.91 Å². The molecule has 0 saturated heterocycles. The van der Waals surface area contributed by atoms with Gasteiger partial charge in [-0.25, -0.2) is 4.99 Å². The molecular formula is C11H14BrN3OS. The lowest BCUT2D eigenvalue weighted by Gasteiger charge is -2.37. The van der Waals surface area contributed by atoms with Crippen molar-refractivity contribution in [2.45, 2.75) is 19.4 Å². The second-order valence-corrected chi connectivity index (χ2v) is 6.19. The minimum atomic E-state index is -0.565. The largest absolute Gasteiger partial charge is 0.369 e. The van der Waals surface area contributed by atoms with Crippen molar-refractivity contribution in [3.05, 3.63) is 20.8 Å². The van der Waals surface area contributed by atoms with E-state index in [4.69, 9.17) is 5.73 Å². The van der Waals surface area contributed by atoms with Gasteiger partial charge in [0.05, 0.1) is 5.92 Å². The molecule has 4 nitrogen and oxygen atoms in total. The summed E-state index contributed by atoms with van der Waals surface area (Å²) >= 11 is 5.00. The zero-order valence-electron chi connectivity index (χ0n) is 9.90. The fourth-order valence-corrected chi connectivity index (χ4v) is 3.52. The van der Waals surface area contributed by atoms with Crippen LogP contribution in [0.15, 0.2) is 20.9 Å². The van der Waals surface area contributed by atoms with Gasteiger partial charge in [0, 0.05) is 21.8 Å². The maximum absolute atomic E-state index is 12.1. The molecule has 0 radical (unpaired) electrons. The quantitative estimate of drug-likeness (QED) is 0.863. The third-order valence-corrected chi connectivity index (χ3v) is 5.22. The number of thiophene rings is 1. The second kappa shape index (κ2) is 4.10. The SMILES string of the molecule is C[C@@H]1C(=O)N(C)C(N)=N[C@]1(C)c1cc(Br)cs1. The first-order chi connectivity index (χ1) is 7.86. The van der Waals surface area contributed by atoms with Crippen LogP contribution in [0.1, 0.15) is 18.7 Å². The van der Waals surface area contributed by atoms with E-state index in [-0.39, 0.29) is 17.8 Å². The molecule has 0 aromatic carbocycles. The van der Waals surface area contributed by atoms with Crippen LogP contribution in [-0.4, -0.2) is 23.8 Å². The van der Waals surface area contributed by atoms with Crippen LogP contribution < -0.4 is 5.73 Å². The molecule has 2 rings (SSSR count). The fraction of sp³-hybridized carbons (Fsp3) is 0.455. The highest BCUT2D eigenvalue weighted by Crippen LogP contribution is 2.41. The summed E-state index contributed by atoms with van der Waals surface area (Å²) in [5.41, 5.74) is 5.23. The third-order valence-electron chi connectivity index (χ3n) is 3.30. The number of nitrogens with zero attached hydrogens (tertiary/aromatic N) is 2. The molecule has 1 amide bonds. The van der Waals surface area contributed by atoms with E-state index in [0.717, 1.165) is 9.35 Å². The van der Waals surface area contributed by atoms with Crippen molar-refractivity contribution in [1.29, 1.82) is 0 Å². The Kier molecular flexibility index (Phi) is 3.03. The van der Waals surface area contributed by atoms with Crippen LogP contribution in [0.2, 0.25) is 0 Å². The Morgan fingerprint density at radius 3 is 2.82 bits per heavy atom. The van der Waals surface area contributed by atoms with Crippen molar-refractivity contribution < 1.29 is 4.79 Å². The summed E-state index contributed by atoms with van der Waals surface area (Å²) in [5, 5.41) is 1.99. The highest BCUT2D eigenvalue weighted by molar-refractivity contribution is 9.10. The van der Waals surface area contributed by atoms with Gasteiger partial charge in [-0.05, 0) is 28.9 Å². The maximum atomic E-state index is 12.1. The molecule has 2 N–H and O–H groups in total. The van der Waals surface area contributed by atoms with E-state index >= 15 is 0 Å². The molecule has 0 unspecified atom stereocenters. The zero-order valence-corrected chi connectivity index (χ0v) is 12.3. The summed E-state index contributed by atoms with van der Waals surface area (Å²) in [5.74, 6) is 0.0648. The van der Waals surface area contributed by atoms with Crippen molar-refractivity contribution in [3.63, 3.8) is 0 Å². The Balaban J connectivity index is 2.53. The summed E-state index contributed by atoms with van der Waals surface area (Å²) in [6.45, 7) is 3.84. The lowest BCUT2D eigenvalue weighted by atomic mass is 9.84. The number of hydrogen-bond acceptors (Lipinski definition) is 4. The first kappa shape index (κ1) is 12.6. The lowest BCUT2D eigenvalue weighted by molar-refractivity contribution is -0.133. The number of carbonyl (C=O) groups excluding carboxylic acids is 1. The predicted octanol–water partition coefficient (Wildman–Crippen LogP) is 2.15. The topological polar surface area (TPSA) is 58.7 Å². The van der Waals surface area contributed by atoms with Crippen LogP contribution in [-0.2, 0) is 10.3 Å². The number of nitrogens with two attached hydrogens (primary N) is 1. The van der Waals surface area contributed by atoms with Crippen LogP contribution in [0.5, 0.6) is 0 Å². The van der Waals surface area contributed by atoms with Gasteiger partial charge in [-0.15, -0.1) is 11.3 Å². The molecule has 6 heteroatoms. The minimum Gasteiger partial charge on any atom is -0.369 e. The number of amides is 1. The second-order valence-electron chi connectivity index (χ2n) is 4.37. The number of rotatable bonds is 1. The zero-order chi connectivity index (χ0) is 12.8. The van der Waals surface area contributed by atoms with E-state index in [0.29, 0.717) is 0 Å². The van der Waals surface area contributed by atoms with E-state index < -0.39 is 5.54 Å². The van der Waals surface area contributed by atoms with Crippen LogP contribution in [0, 0.1) is 5.92 Å². The summed E-state index contributed by atoms with van der Waals surface area (Å²) in [7, 11) is 1.65. The molecule has 1 aliphatic rings. The van der Waals surface area contributed by atoms with Crippen molar-refractivity contribution >= 4 is 39.1 Å². The highest BCUT2D eigenvalue weighted by Gasteiger charge is 2.44. The Hall–Kier alpha value is -0.880. The Morgan fingerprint density at radius 1 is 1.65 bits per heavy atom. The smallest absolute Gasteiger partial charge is 0.234 e. The van der Waals surface area contributed by atoms with E-state index in [1.165, 1.54) is 4.90 Å². The molecule has 1 aromatic rings. The van der Waals surface area contributed by atoms with Crippen LogP contribution in [0.4, 0.5) is 0 Å². The average Bonchev–Trinajstić information content (AvgIpc) is 2.71. The van der Waals surface area contributed by atoms with Crippen molar-refractivity contribution in [2.24, 2.45) is 16.6 Å². The van der Waals surface area contributed by atoms with Gasteiger partial charge in [0.25, 0.3) is 0 Å². The summed E-state index contributed by atoms with van der Waals surface area (Å²) in [6.07, 6.45) is 0. The highest BCUT2D eigenvalue weighted by atomic mass is 79.9. The average molecular weight is 316 g/mol. The third kappa shape index (κ3) is 1.89. The van der Waals surface area contributed by atoms with Gasteiger partial charge in [0.1, 0.15) is 5.54 Å². The molecule has 2 atom stereocenters. The number of hydrogen-bond donors (Lipinski definition) is 1. The number of guanidine groups is 1. The monoisotopic (exact) mass is 315 g/mol. The molecule has 0 fully saturated rings. The molecule has 1 aliphatic heterocycles. The van der Waals surface area contributed by atoms with Gasteiger partial charge in [-0.2, -0.15) is 0 Å². The van der Waals surface area contributed by atoms with Gasteiger partial charge >= 0.3 is 0 Å². The van der Waals surface area contributed by atoms with Gasteiger partial charge < -0.3 is 5.73 Å². The standard InChI is InChI=1S/C11H14BrN3OS/c1-6-9(16)15(3)10(13)14-11(6,2)8-4-7(12)5-17-8/h4-6H,1-3H3,(H2,13,14)/t6-,11+/m1/s1. The van der Waals surface area contributed by atoms with Crippen LogP contribution in [0.25, 0.3) is 0 Å². The fourth-order valence-electron chi connectivity index (χ4n) is 1.90. The molecule has 17 heavy (non-hydrogen) atoms. The Labute approximate surface area is 113 Å². The Bertz CT molecular complexity index is 499. The number of carbonyl (C=O) groups is 1. The molecule has 0 saturated carbocycles. The summed E-state index contributed by atoms with van der Waals surface area (Å²) in [4.78, 5) is 19.0. The van der Waals surface area contributed by atoms with Crippen molar-refractivity contribution in [1.82, 2.24) is 4.90 Å². The van der Waals surface area contributed by atoms with Crippen LogP contribution >= 0.6 is 27.3 Å². The van der Waals surface area contributed by atoms with E-state index in [1.54, 1.807) is 18.4 Å². The predicted molar refractivity (Wildman–Crippen MR) is 72.9 cm³/mol. The molecule has 92 valence electrons. The molecular weight excluding hydrogens is 302 g/mol. The van der Waals surface area contributed by atoms with Gasteiger partial charge in [-0.1, -0.05) is 6.92 Å². The molecule has 2 heterocycles. The van der Waals surface area contributed by atoms with Gasteiger partial charge in [-0.3, -0.25) is 9.69 Å². The number of aliphatic imine (C=N–C) groups is 1. The summed E-state index contributed by atoms with van der Waals surface area (Å²) < 4.78 is 1.01. The molecule has 0 aliphatic carbocycles. The van der Waals surface area contributed by atoms with E-state index in [1.807, 2.05) is 25.3 Å². The first-order valence-corrected chi connectivity index (χ1v) is 6.91. The first-order valence-electron chi connectivity index (χ1n) is 5.23. The normalized spacial score (nSPS) is 29.4. The van der Waals surface area contributed by atoms with E-state index in [9.17, 15) is 4.79 Å².